The number of aromatic nitrogens is 1. The highest BCUT2D eigenvalue weighted by Crippen LogP contribution is 2.32. The summed E-state index contributed by atoms with van der Waals surface area (Å²) in [7, 11) is 0. The van der Waals surface area contributed by atoms with E-state index in [0.29, 0.717) is 37.6 Å². The molecule has 10 nitrogen and oxygen atoms in total. The Labute approximate surface area is 260 Å². The van der Waals surface area contributed by atoms with Crippen LogP contribution in [0.5, 0.6) is 5.75 Å². The molecule has 0 bridgehead atoms. The standard InChI is InChI=1S/C32H28F4N6O4/c33-24-7-1-20(2-8-24)17-29(43)39-25-9-3-21(4-10-25)23-6-12-28(38-19-23)41-31(37)40-26-11-5-22(18-27(26)46-32(34,35)36)30(44)42-13-15-45-16-14-42/h1-12,18-19H,13-17H2,(H,39,43)(H3,37,38,40,41). The van der Waals surface area contributed by atoms with Gasteiger partial charge in [0.2, 0.25) is 11.9 Å². The van der Waals surface area contributed by atoms with Gasteiger partial charge in [-0.3, -0.25) is 15.0 Å². The van der Waals surface area contributed by atoms with Crippen molar-refractivity contribution in [1.29, 1.82) is 5.41 Å². The van der Waals surface area contributed by atoms with Crippen LogP contribution in [0.4, 0.5) is 28.9 Å². The van der Waals surface area contributed by atoms with E-state index in [1.165, 1.54) is 29.2 Å². The van der Waals surface area contributed by atoms with E-state index >= 15 is 0 Å². The summed E-state index contributed by atoms with van der Waals surface area (Å²) in [6.07, 6.45) is -3.30. The lowest BCUT2D eigenvalue weighted by molar-refractivity contribution is -0.274. The first-order valence-electron chi connectivity index (χ1n) is 14.0. The molecular formula is C32H28F4N6O4. The van der Waals surface area contributed by atoms with Gasteiger partial charge in [-0.2, -0.15) is 4.99 Å². The van der Waals surface area contributed by atoms with Crippen LogP contribution in [0.2, 0.25) is 0 Å². The van der Waals surface area contributed by atoms with E-state index in [1.54, 1.807) is 54.7 Å². The van der Waals surface area contributed by atoms with Crippen LogP contribution in [0.1, 0.15) is 15.9 Å². The molecule has 4 aromatic rings. The number of alkyl halides is 3. The van der Waals surface area contributed by atoms with Gasteiger partial charge < -0.3 is 30.0 Å². The third kappa shape index (κ3) is 8.79. The quantitative estimate of drug-likeness (QED) is 0.124. The summed E-state index contributed by atoms with van der Waals surface area (Å²) in [5.74, 6) is -2.24. The van der Waals surface area contributed by atoms with Crippen molar-refractivity contribution in [2.75, 3.05) is 36.9 Å². The molecule has 0 saturated carbocycles. The summed E-state index contributed by atoms with van der Waals surface area (Å²) < 4.78 is 61.9. The Kier molecular flexibility index (Phi) is 9.76. The maximum absolute atomic E-state index is 13.2. The number of nitrogens with one attached hydrogen (secondary N) is 4. The Morgan fingerprint density at radius 2 is 1.63 bits per heavy atom. The topological polar surface area (TPSA) is 132 Å². The van der Waals surface area contributed by atoms with Gasteiger partial charge in [0.05, 0.1) is 25.3 Å². The van der Waals surface area contributed by atoms with Crippen LogP contribution in [0.25, 0.3) is 11.1 Å². The SMILES string of the molecule is N=C(/N=c1/ccc(-c2ccc(NC(=O)Cc3ccc(F)cc3)cc2)c[nH]1)Nc1ccc(C(=O)N2CCOCC2)cc1OC(F)(F)F. The highest BCUT2D eigenvalue weighted by atomic mass is 19.4. The van der Waals surface area contributed by atoms with Gasteiger partial charge in [-0.05, 0) is 71.3 Å². The first-order valence-corrected chi connectivity index (χ1v) is 14.0. The number of halogens is 4. The van der Waals surface area contributed by atoms with E-state index in [9.17, 15) is 27.2 Å². The lowest BCUT2D eigenvalue weighted by atomic mass is 10.1. The minimum Gasteiger partial charge on any atom is -0.404 e. The molecule has 0 spiro atoms. The van der Waals surface area contributed by atoms with Crippen LogP contribution in [0.15, 0.2) is 90.1 Å². The minimum atomic E-state index is -5.03. The number of ether oxygens (including phenoxy) is 2. The van der Waals surface area contributed by atoms with Crippen LogP contribution >= 0.6 is 0 Å². The average molecular weight is 637 g/mol. The Morgan fingerprint density at radius 3 is 2.28 bits per heavy atom. The fourth-order valence-corrected chi connectivity index (χ4v) is 4.60. The first kappa shape index (κ1) is 31.9. The summed E-state index contributed by atoms with van der Waals surface area (Å²) in [6.45, 7) is 1.30. The molecule has 0 radical (unpaired) electrons. The van der Waals surface area contributed by atoms with Crippen molar-refractivity contribution in [2.45, 2.75) is 12.8 Å². The second-order valence-corrected chi connectivity index (χ2v) is 10.1. The number of hydrogen-bond donors (Lipinski definition) is 4. The molecule has 1 fully saturated rings. The number of morpholine rings is 1. The van der Waals surface area contributed by atoms with Crippen LogP contribution in [-0.2, 0) is 16.0 Å². The molecule has 238 valence electrons. The number of guanidine groups is 1. The van der Waals surface area contributed by atoms with Crippen LogP contribution in [0.3, 0.4) is 0 Å². The number of carbonyl (C=O) groups excluding carboxylic acids is 2. The summed E-state index contributed by atoms with van der Waals surface area (Å²) in [5.41, 5.74) is 2.88. The Morgan fingerprint density at radius 1 is 0.935 bits per heavy atom. The minimum absolute atomic E-state index is 0.000460. The van der Waals surface area contributed by atoms with Crippen molar-refractivity contribution in [1.82, 2.24) is 9.88 Å². The van der Waals surface area contributed by atoms with Crippen LogP contribution < -0.4 is 20.9 Å². The molecule has 46 heavy (non-hydrogen) atoms. The number of carbonyl (C=O) groups is 2. The van der Waals surface area contributed by atoms with Crippen molar-refractivity contribution in [3.63, 3.8) is 0 Å². The normalized spacial score (nSPS) is 13.7. The number of rotatable bonds is 7. The van der Waals surface area contributed by atoms with E-state index < -0.39 is 24.0 Å². The largest absolute Gasteiger partial charge is 0.573 e. The number of nitrogens with zero attached hydrogens (tertiary/aromatic N) is 2. The van der Waals surface area contributed by atoms with Gasteiger partial charge in [0.1, 0.15) is 11.3 Å². The lowest BCUT2D eigenvalue weighted by Crippen LogP contribution is -2.40. The van der Waals surface area contributed by atoms with Gasteiger partial charge in [0.15, 0.2) is 5.75 Å². The molecule has 4 N–H and O–H groups in total. The molecule has 1 aromatic heterocycles. The monoisotopic (exact) mass is 636 g/mol. The zero-order valence-corrected chi connectivity index (χ0v) is 24.2. The Balaban J connectivity index is 1.23. The molecule has 5 rings (SSSR count). The van der Waals surface area contributed by atoms with Crippen molar-refractivity contribution in [2.24, 2.45) is 4.99 Å². The van der Waals surface area contributed by atoms with Crippen molar-refractivity contribution < 1.29 is 36.6 Å². The van der Waals surface area contributed by atoms with Gasteiger partial charge >= 0.3 is 6.36 Å². The third-order valence-corrected chi connectivity index (χ3v) is 6.81. The number of aromatic amines is 1. The van der Waals surface area contributed by atoms with Crippen molar-refractivity contribution in [3.8, 4) is 16.9 Å². The molecule has 2 amide bonds. The zero-order chi connectivity index (χ0) is 32.7. The molecular weight excluding hydrogens is 608 g/mol. The lowest BCUT2D eigenvalue weighted by Gasteiger charge is -2.27. The number of pyridine rings is 1. The van der Waals surface area contributed by atoms with Gasteiger partial charge in [-0.15, -0.1) is 13.2 Å². The molecule has 0 atom stereocenters. The molecule has 1 aliphatic rings. The fourth-order valence-electron chi connectivity index (χ4n) is 4.60. The van der Waals surface area contributed by atoms with Gasteiger partial charge in [0.25, 0.3) is 5.91 Å². The molecule has 0 aliphatic carbocycles. The maximum atomic E-state index is 13.2. The predicted octanol–water partition coefficient (Wildman–Crippen LogP) is 5.32. The highest BCUT2D eigenvalue weighted by molar-refractivity contribution is 5.98. The highest BCUT2D eigenvalue weighted by Gasteiger charge is 2.33. The number of anilines is 2. The van der Waals surface area contributed by atoms with E-state index in [0.717, 1.165) is 17.2 Å². The number of hydrogen-bond acceptors (Lipinski definition) is 5. The van der Waals surface area contributed by atoms with E-state index in [1.807, 2.05) is 0 Å². The number of benzene rings is 3. The second-order valence-electron chi connectivity index (χ2n) is 10.1. The predicted molar refractivity (Wildman–Crippen MR) is 162 cm³/mol. The molecule has 2 heterocycles. The summed E-state index contributed by atoms with van der Waals surface area (Å²) in [4.78, 5) is 33.6. The van der Waals surface area contributed by atoms with Crippen LogP contribution in [0, 0.1) is 11.2 Å². The third-order valence-electron chi connectivity index (χ3n) is 6.81. The smallest absolute Gasteiger partial charge is 0.404 e. The molecule has 1 aliphatic heterocycles. The Hall–Kier alpha value is -5.50. The zero-order valence-electron chi connectivity index (χ0n) is 24.2. The van der Waals surface area contributed by atoms with Gasteiger partial charge in [0, 0.05) is 30.5 Å². The van der Waals surface area contributed by atoms with Gasteiger partial charge in [-0.25, -0.2) is 4.39 Å². The second kappa shape index (κ2) is 14.1. The summed E-state index contributed by atoms with van der Waals surface area (Å²) in [6, 6.07) is 19.6. The van der Waals surface area contributed by atoms with E-state index in [4.69, 9.17) is 10.1 Å². The molecule has 3 aromatic carbocycles. The van der Waals surface area contributed by atoms with Gasteiger partial charge in [-0.1, -0.05) is 24.3 Å². The maximum Gasteiger partial charge on any atom is 0.573 e. The van der Waals surface area contributed by atoms with E-state index in [2.05, 4.69) is 25.3 Å². The first-order chi connectivity index (χ1) is 22.0. The molecule has 14 heteroatoms. The summed E-state index contributed by atoms with van der Waals surface area (Å²) in [5, 5.41) is 13.5. The Bertz CT molecular complexity index is 1760. The number of amides is 2. The van der Waals surface area contributed by atoms with E-state index in [-0.39, 0.29) is 34.9 Å². The number of H-pyrrole nitrogens is 1. The average Bonchev–Trinajstić information content (AvgIpc) is 3.03. The van der Waals surface area contributed by atoms with Crippen molar-refractivity contribution in [3.05, 3.63) is 107 Å². The molecule has 1 saturated heterocycles. The fraction of sp³-hybridized carbons (Fsp3) is 0.188. The van der Waals surface area contributed by atoms with Crippen molar-refractivity contribution >= 4 is 29.1 Å². The van der Waals surface area contributed by atoms with Crippen LogP contribution in [-0.4, -0.2) is 60.3 Å². The molecule has 0 unspecified atom stereocenters. The summed E-state index contributed by atoms with van der Waals surface area (Å²) >= 11 is 0.